The van der Waals surface area contributed by atoms with Crippen molar-refractivity contribution in [3.05, 3.63) is 35.4 Å². The summed E-state index contributed by atoms with van der Waals surface area (Å²) in [6.45, 7) is 4.66. The number of hydrazine groups is 1. The normalized spacial score (nSPS) is 15.2. The van der Waals surface area contributed by atoms with Crippen LogP contribution in [0.2, 0.25) is 0 Å². The highest BCUT2D eigenvalue weighted by Crippen LogP contribution is 2.59. The van der Waals surface area contributed by atoms with Gasteiger partial charge in [-0.15, -0.1) is 0 Å². The molecule has 0 aliphatic heterocycles. The lowest BCUT2D eigenvalue weighted by molar-refractivity contribution is -0.141. The molecule has 0 heterocycles. The summed E-state index contributed by atoms with van der Waals surface area (Å²) < 4.78 is 39.9. The molecule has 20 nitrogen and oxygen atoms in total. The Hall–Kier alpha value is -4.73. The van der Waals surface area contributed by atoms with Crippen molar-refractivity contribution in [2.75, 3.05) is 0 Å². The Morgan fingerprint density at radius 1 is 0.815 bits per heavy atom. The molecule has 0 bridgehead atoms. The van der Waals surface area contributed by atoms with Gasteiger partial charge in [-0.3, -0.25) is 43.4 Å². The zero-order chi connectivity index (χ0) is 41.6. The smallest absolute Gasteiger partial charge is 0.399 e. The Bertz CT molecular complexity index is 1580. The molecule has 0 saturated carbocycles. The van der Waals surface area contributed by atoms with Crippen molar-refractivity contribution < 1.29 is 76.8 Å². The summed E-state index contributed by atoms with van der Waals surface area (Å²) in [4.78, 5) is 116. The highest BCUT2D eigenvalue weighted by atomic mass is 31.2. The maximum Gasteiger partial charge on any atom is 0.399 e. The molecule has 0 aliphatic rings. The molecule has 302 valence electrons. The predicted octanol–water partition coefficient (Wildman–Crippen LogP) is -1.28. The molecule has 1 aromatic carbocycles. The summed E-state index contributed by atoms with van der Waals surface area (Å²) in [6.07, 6.45) is -3.11. The Balaban J connectivity index is 3.49. The number of benzene rings is 1. The Morgan fingerprint density at radius 3 is 1.83 bits per heavy atom. The number of carboxylic acids is 3. The molecule has 0 fully saturated rings. The number of nitrogens with two attached hydrogens (primary N) is 1. The van der Waals surface area contributed by atoms with Crippen LogP contribution in [0.1, 0.15) is 64.0 Å². The summed E-state index contributed by atoms with van der Waals surface area (Å²) in [5.41, 5.74) is 4.69. The van der Waals surface area contributed by atoms with E-state index in [1.54, 1.807) is 13.8 Å². The largest absolute Gasteiger partial charge is 0.481 e. The fourth-order valence-corrected chi connectivity index (χ4v) is 5.32. The summed E-state index contributed by atoms with van der Waals surface area (Å²) in [5.74, 6) is -8.68. The minimum Gasteiger partial charge on any atom is -0.481 e. The van der Waals surface area contributed by atoms with Crippen LogP contribution in [0.5, 0.6) is 0 Å². The van der Waals surface area contributed by atoms with Gasteiger partial charge >= 0.3 is 31.2 Å². The molecule has 1 rings (SSSR count). The van der Waals surface area contributed by atoms with E-state index in [2.05, 4.69) is 26.8 Å². The molecule has 6 atom stereocenters. The van der Waals surface area contributed by atoms with E-state index in [0.717, 1.165) is 12.1 Å². The number of carbonyl (C=O) groups excluding carboxylic acids is 5. The number of nitrogens with one attached hydrogen (secondary N) is 5. The molecule has 0 saturated heterocycles. The number of Topliss-reactive ketones (excluding diaryl/α,β-unsaturated/α-hetero) is 1. The molecule has 0 radical (unpaired) electrons. The lowest BCUT2D eigenvalue weighted by Gasteiger charge is -2.29. The number of aliphatic carboxylic acids is 3. The van der Waals surface area contributed by atoms with Crippen LogP contribution in [0.3, 0.4) is 0 Å². The number of hydrogen-bond acceptors (Lipinski definition) is 12. The molecule has 3 amide bonds. The number of alkyl halides is 2. The van der Waals surface area contributed by atoms with Gasteiger partial charge in [0.15, 0.2) is 5.78 Å². The summed E-state index contributed by atoms with van der Waals surface area (Å²) in [6, 6.07) is -5.43. The van der Waals surface area contributed by atoms with Crippen molar-refractivity contribution in [1.82, 2.24) is 26.8 Å². The second kappa shape index (κ2) is 21.2. The van der Waals surface area contributed by atoms with Crippen LogP contribution in [0, 0.1) is 5.92 Å². The number of ketones is 1. The van der Waals surface area contributed by atoms with Crippen molar-refractivity contribution in [3.8, 4) is 0 Å². The zero-order valence-electron chi connectivity index (χ0n) is 29.4. The first-order valence-electron chi connectivity index (χ1n) is 16.2. The summed E-state index contributed by atoms with van der Waals surface area (Å²) >= 11 is 0. The van der Waals surface area contributed by atoms with Crippen molar-refractivity contribution in [2.24, 2.45) is 11.7 Å². The number of rotatable bonds is 26. The first-order chi connectivity index (χ1) is 24.9. The van der Waals surface area contributed by atoms with Crippen LogP contribution in [0.25, 0.3) is 0 Å². The topological polar surface area (TPSA) is 341 Å². The Kier molecular flexibility index (Phi) is 18.6. The van der Waals surface area contributed by atoms with Gasteiger partial charge in [0.25, 0.3) is 0 Å². The van der Waals surface area contributed by atoms with Crippen molar-refractivity contribution in [2.45, 2.75) is 101 Å². The fraction of sp³-hybridized carbons (Fsp3) is 0.548. The first-order valence-corrected chi connectivity index (χ1v) is 17.8. The van der Waals surface area contributed by atoms with E-state index in [9.17, 15) is 61.9 Å². The van der Waals surface area contributed by atoms with Gasteiger partial charge in [0.1, 0.15) is 12.3 Å². The van der Waals surface area contributed by atoms with Crippen LogP contribution in [0.15, 0.2) is 24.3 Å². The quantitative estimate of drug-likeness (QED) is 0.0295. The van der Waals surface area contributed by atoms with E-state index in [-0.39, 0.29) is 24.2 Å². The van der Waals surface area contributed by atoms with Gasteiger partial charge in [0.2, 0.25) is 17.7 Å². The second-order valence-electron chi connectivity index (χ2n) is 12.7. The second-order valence-corrected chi connectivity index (χ2v) is 14.3. The standard InChI is InChI=1S/C31H45F2N6O14P/c1-15(2)10-22(28(34)48)35-21(11-17-4-6-18(7-5-17)31(32,33)54(51,52)53)27(47)20(8-9-24(41)42)36-30(50)23(13-26(45)46)37-29(49)16(3)38-39-19(14-40)12-25(43)44/h4-7,14-16,19-23,35,38-39H,8-13H2,1-3H3,(H2,34,48)(H,36,50)(H,37,49)(H,41,42)(H,43,44)(H,45,46)(H2,51,52,53)/t16-,19-,20-,21?,22-,23-/m0/s1. The maximum atomic E-state index is 14.3. The van der Waals surface area contributed by atoms with Crippen molar-refractivity contribution in [3.63, 3.8) is 0 Å². The maximum absolute atomic E-state index is 14.3. The van der Waals surface area contributed by atoms with Crippen LogP contribution >= 0.6 is 7.60 Å². The number of carboxylic acid groups (broad SMARTS) is 3. The SMILES string of the molecule is CC(C)C[C@H](NC(Cc1ccc(C(F)(F)P(=O)(O)O)cc1)C(=O)[C@H](CCC(=O)O)NC(=O)[C@H](CC(=O)O)NC(=O)[C@H](C)NN[C@H](C=O)CC(=O)O)C(N)=O. The van der Waals surface area contributed by atoms with E-state index in [1.165, 1.54) is 6.92 Å². The number of hydrogen-bond donors (Lipinski definition) is 11. The van der Waals surface area contributed by atoms with Gasteiger partial charge in [-0.2, -0.15) is 8.78 Å². The zero-order valence-corrected chi connectivity index (χ0v) is 30.3. The molecule has 0 aliphatic carbocycles. The lowest BCUT2D eigenvalue weighted by Crippen LogP contribution is -2.59. The number of aldehydes is 1. The molecule has 1 unspecified atom stereocenters. The van der Waals surface area contributed by atoms with Gasteiger partial charge < -0.3 is 46.3 Å². The lowest BCUT2D eigenvalue weighted by atomic mass is 9.92. The number of halogens is 2. The predicted molar refractivity (Wildman–Crippen MR) is 181 cm³/mol. The van der Waals surface area contributed by atoms with E-state index < -0.39 is 129 Å². The van der Waals surface area contributed by atoms with Gasteiger partial charge in [0.05, 0.1) is 43.1 Å². The number of amides is 3. The van der Waals surface area contributed by atoms with E-state index in [0.29, 0.717) is 12.1 Å². The van der Waals surface area contributed by atoms with Crippen molar-refractivity contribution >= 4 is 55.3 Å². The Morgan fingerprint density at radius 2 is 1.37 bits per heavy atom. The molecular formula is C31H45F2N6O14P. The number of carbonyl (C=O) groups is 8. The van der Waals surface area contributed by atoms with Gasteiger partial charge in [-0.25, -0.2) is 10.9 Å². The third-order valence-corrected chi connectivity index (χ3v) is 8.65. The van der Waals surface area contributed by atoms with Gasteiger partial charge in [0, 0.05) is 12.0 Å². The van der Waals surface area contributed by atoms with Crippen LogP contribution in [-0.2, 0) is 55.0 Å². The van der Waals surface area contributed by atoms with Crippen LogP contribution < -0.4 is 32.5 Å². The van der Waals surface area contributed by atoms with E-state index >= 15 is 0 Å². The third kappa shape index (κ3) is 15.7. The monoisotopic (exact) mass is 794 g/mol. The number of primary amides is 1. The van der Waals surface area contributed by atoms with Crippen LogP contribution in [0.4, 0.5) is 8.78 Å². The molecule has 0 spiro atoms. The average molecular weight is 795 g/mol. The molecule has 1 aromatic rings. The summed E-state index contributed by atoms with van der Waals surface area (Å²) in [7, 11) is -5.92. The first kappa shape index (κ1) is 47.3. The summed E-state index contributed by atoms with van der Waals surface area (Å²) in [5, 5.41) is 34.8. The average Bonchev–Trinajstić information content (AvgIpc) is 3.05. The molecule has 12 N–H and O–H groups in total. The minimum absolute atomic E-state index is 0.0798. The van der Waals surface area contributed by atoms with Crippen LogP contribution in [-0.4, -0.2) is 109 Å². The van der Waals surface area contributed by atoms with E-state index in [1.807, 2.05) is 0 Å². The highest BCUT2D eigenvalue weighted by Gasteiger charge is 2.50. The van der Waals surface area contributed by atoms with Gasteiger partial charge in [-0.1, -0.05) is 38.1 Å². The molecule has 0 aromatic heterocycles. The van der Waals surface area contributed by atoms with Crippen molar-refractivity contribution in [1.29, 1.82) is 0 Å². The molecule has 54 heavy (non-hydrogen) atoms. The Labute approximate surface area is 307 Å². The molecular weight excluding hydrogens is 749 g/mol. The third-order valence-electron chi connectivity index (χ3n) is 7.66. The highest BCUT2D eigenvalue weighted by molar-refractivity contribution is 7.52. The molecule has 23 heteroatoms. The van der Waals surface area contributed by atoms with Gasteiger partial charge in [-0.05, 0) is 37.7 Å². The van der Waals surface area contributed by atoms with E-state index in [4.69, 9.17) is 20.6 Å². The minimum atomic E-state index is -5.92. The fourth-order valence-electron chi connectivity index (χ4n) is 4.84.